The van der Waals surface area contributed by atoms with Crippen molar-refractivity contribution in [3.05, 3.63) is 55.9 Å². The van der Waals surface area contributed by atoms with Crippen LogP contribution in [0, 0.1) is 10.1 Å². The zero-order chi connectivity index (χ0) is 16.9. The summed E-state index contributed by atoms with van der Waals surface area (Å²) in [7, 11) is 0. The van der Waals surface area contributed by atoms with Crippen LogP contribution >= 0.6 is 0 Å². The van der Waals surface area contributed by atoms with Gasteiger partial charge < -0.3 is 10.8 Å². The number of carbonyl (C=O) groups excluding carboxylic acids is 2. The number of nitrogens with two attached hydrogens (primary N) is 1. The van der Waals surface area contributed by atoms with Crippen LogP contribution in [0.1, 0.15) is 20.7 Å². The third-order valence-electron chi connectivity index (χ3n) is 3.37. The molecule has 2 amide bonds. The van der Waals surface area contributed by atoms with Gasteiger partial charge >= 0.3 is 5.69 Å². The average molecular weight is 316 g/mol. The molecule has 2 aromatic rings. The minimum Gasteiger partial charge on any atom is -0.502 e. The van der Waals surface area contributed by atoms with Gasteiger partial charge in [-0.15, -0.1) is 0 Å². The van der Waals surface area contributed by atoms with E-state index in [-0.39, 0.29) is 22.6 Å². The third-order valence-corrected chi connectivity index (χ3v) is 3.37. The van der Waals surface area contributed by atoms with Crippen LogP contribution in [0.4, 0.5) is 11.5 Å². The molecule has 0 spiro atoms. The Kier molecular flexibility index (Phi) is 2.89. The predicted molar refractivity (Wildman–Crippen MR) is 76.6 cm³/mol. The number of carbonyl (C=O) groups is 2. The number of imide groups is 1. The summed E-state index contributed by atoms with van der Waals surface area (Å²) < 4.78 is 0.851. The number of nitrogen functional groups attached to an aromatic ring is 1. The first-order valence-corrected chi connectivity index (χ1v) is 6.20. The summed E-state index contributed by atoms with van der Waals surface area (Å²) in [5.74, 6) is -2.41. The molecule has 0 radical (unpaired) electrons. The Hall–Kier alpha value is -3.69. The number of aromatic hydroxyl groups is 1. The van der Waals surface area contributed by atoms with Gasteiger partial charge in [-0.25, -0.2) is 0 Å². The van der Waals surface area contributed by atoms with E-state index in [2.05, 4.69) is 0 Å². The molecule has 2 heterocycles. The zero-order valence-corrected chi connectivity index (χ0v) is 11.3. The number of aromatic nitrogens is 1. The first kappa shape index (κ1) is 14.3. The Morgan fingerprint density at radius 2 is 1.87 bits per heavy atom. The van der Waals surface area contributed by atoms with Gasteiger partial charge in [0.1, 0.15) is 5.82 Å². The molecule has 116 valence electrons. The normalized spacial score (nSPS) is 12.9. The standard InChI is InChI=1S/C13H8N4O6/c14-11-10-6(12(20)15-13(10)21)4-9(19)16(11)5-1-2-8(18)7(3-5)17(22)23/h1-4,18H,14H2,(H,15,20,21). The van der Waals surface area contributed by atoms with E-state index in [9.17, 15) is 29.6 Å². The van der Waals surface area contributed by atoms with E-state index in [1.165, 1.54) is 6.07 Å². The Morgan fingerprint density at radius 3 is 2.52 bits per heavy atom. The molecule has 0 fully saturated rings. The summed E-state index contributed by atoms with van der Waals surface area (Å²) in [6, 6.07) is 4.11. The molecule has 1 aromatic heterocycles. The van der Waals surface area contributed by atoms with Crippen LogP contribution < -0.4 is 16.6 Å². The van der Waals surface area contributed by atoms with Crippen LogP contribution in [0.5, 0.6) is 5.75 Å². The maximum atomic E-state index is 12.2. The zero-order valence-electron chi connectivity index (χ0n) is 11.3. The summed E-state index contributed by atoms with van der Waals surface area (Å²) in [5, 5.41) is 22.3. The van der Waals surface area contributed by atoms with Gasteiger partial charge in [-0.1, -0.05) is 0 Å². The van der Waals surface area contributed by atoms with Crippen molar-refractivity contribution >= 4 is 23.3 Å². The summed E-state index contributed by atoms with van der Waals surface area (Å²) in [6.45, 7) is 0. The molecule has 3 rings (SSSR count). The number of amides is 2. The number of benzene rings is 1. The first-order valence-electron chi connectivity index (χ1n) is 6.20. The third kappa shape index (κ3) is 2.00. The molecule has 23 heavy (non-hydrogen) atoms. The number of hydrogen-bond acceptors (Lipinski definition) is 7. The maximum Gasteiger partial charge on any atom is 0.312 e. The Morgan fingerprint density at radius 1 is 1.17 bits per heavy atom. The van der Waals surface area contributed by atoms with Gasteiger partial charge in [0.2, 0.25) is 0 Å². The fourth-order valence-corrected chi connectivity index (χ4v) is 2.34. The summed E-state index contributed by atoms with van der Waals surface area (Å²) in [6.07, 6.45) is 0. The lowest BCUT2D eigenvalue weighted by atomic mass is 10.1. The number of nitro groups is 1. The number of nitrogens with one attached hydrogen (secondary N) is 1. The lowest BCUT2D eigenvalue weighted by Gasteiger charge is -2.11. The molecule has 1 aliphatic rings. The van der Waals surface area contributed by atoms with Crippen LogP contribution in [0.2, 0.25) is 0 Å². The minimum atomic E-state index is -0.830. The van der Waals surface area contributed by atoms with Crippen molar-refractivity contribution in [1.29, 1.82) is 0 Å². The second-order valence-corrected chi connectivity index (χ2v) is 4.71. The number of phenolic OH excluding ortho intramolecular Hbond substituents is 1. The van der Waals surface area contributed by atoms with Crippen molar-refractivity contribution in [2.75, 3.05) is 5.73 Å². The topological polar surface area (TPSA) is 158 Å². The number of hydrogen-bond donors (Lipinski definition) is 3. The molecule has 1 aliphatic heterocycles. The second-order valence-electron chi connectivity index (χ2n) is 4.71. The molecule has 0 saturated carbocycles. The lowest BCUT2D eigenvalue weighted by molar-refractivity contribution is -0.385. The fraction of sp³-hybridized carbons (Fsp3) is 0. The maximum absolute atomic E-state index is 12.2. The highest BCUT2D eigenvalue weighted by molar-refractivity contribution is 6.23. The summed E-state index contributed by atoms with van der Waals surface area (Å²) in [5.41, 5.74) is 4.08. The highest BCUT2D eigenvalue weighted by Gasteiger charge is 2.32. The molecular weight excluding hydrogens is 308 g/mol. The molecule has 0 bridgehead atoms. The van der Waals surface area contributed by atoms with Gasteiger partial charge in [-0.2, -0.15) is 0 Å². The molecule has 0 atom stereocenters. The van der Waals surface area contributed by atoms with Gasteiger partial charge in [0.15, 0.2) is 5.75 Å². The fourth-order valence-electron chi connectivity index (χ4n) is 2.34. The monoisotopic (exact) mass is 316 g/mol. The molecule has 0 unspecified atom stereocenters. The lowest BCUT2D eigenvalue weighted by Crippen LogP contribution is -2.24. The number of pyridine rings is 1. The molecule has 1 aromatic carbocycles. The van der Waals surface area contributed by atoms with E-state index < -0.39 is 33.7 Å². The molecule has 0 saturated heterocycles. The molecule has 10 heteroatoms. The van der Waals surface area contributed by atoms with Crippen LogP contribution in [0.15, 0.2) is 29.1 Å². The molecule has 10 nitrogen and oxygen atoms in total. The van der Waals surface area contributed by atoms with Crippen molar-refractivity contribution in [2.24, 2.45) is 0 Å². The Balaban J connectivity index is 2.31. The number of rotatable bonds is 2. The number of phenols is 1. The predicted octanol–water partition coefficient (Wildman–Crippen LogP) is -0.0829. The second kappa shape index (κ2) is 4.66. The van der Waals surface area contributed by atoms with E-state index in [4.69, 9.17) is 5.73 Å². The minimum absolute atomic E-state index is 0.0213. The van der Waals surface area contributed by atoms with Crippen molar-refractivity contribution in [3.63, 3.8) is 0 Å². The van der Waals surface area contributed by atoms with E-state index in [1.54, 1.807) is 0 Å². The van der Waals surface area contributed by atoms with E-state index in [0.717, 1.165) is 22.8 Å². The number of fused-ring (bicyclic) bond motifs is 1. The van der Waals surface area contributed by atoms with Crippen molar-refractivity contribution in [2.45, 2.75) is 0 Å². The number of anilines is 1. The SMILES string of the molecule is Nc1c2c(cc(=O)n1-c1ccc(O)c([N+](=O)[O-])c1)C(=O)NC2=O. The number of nitrogens with zero attached hydrogens (tertiary/aromatic N) is 2. The van der Waals surface area contributed by atoms with Crippen LogP contribution in [0.25, 0.3) is 5.69 Å². The highest BCUT2D eigenvalue weighted by atomic mass is 16.6. The van der Waals surface area contributed by atoms with Gasteiger partial charge in [-0.05, 0) is 12.1 Å². The van der Waals surface area contributed by atoms with Crippen molar-refractivity contribution < 1.29 is 19.6 Å². The van der Waals surface area contributed by atoms with Crippen LogP contribution in [0.3, 0.4) is 0 Å². The van der Waals surface area contributed by atoms with Gasteiger partial charge in [-0.3, -0.25) is 34.4 Å². The van der Waals surface area contributed by atoms with Gasteiger partial charge in [0, 0.05) is 12.1 Å². The van der Waals surface area contributed by atoms with Crippen molar-refractivity contribution in [1.82, 2.24) is 9.88 Å². The quantitative estimate of drug-likeness (QED) is 0.397. The van der Waals surface area contributed by atoms with Crippen molar-refractivity contribution in [3.8, 4) is 11.4 Å². The molecule has 4 N–H and O–H groups in total. The van der Waals surface area contributed by atoms with E-state index >= 15 is 0 Å². The highest BCUT2D eigenvalue weighted by Crippen LogP contribution is 2.29. The van der Waals surface area contributed by atoms with E-state index in [1.807, 2.05) is 5.32 Å². The van der Waals surface area contributed by atoms with Gasteiger partial charge in [0.25, 0.3) is 17.4 Å². The molecule has 0 aliphatic carbocycles. The smallest absolute Gasteiger partial charge is 0.312 e. The Labute approximate surface area is 126 Å². The molecular formula is C13H8N4O6. The van der Waals surface area contributed by atoms with Crippen LogP contribution in [-0.4, -0.2) is 26.4 Å². The average Bonchev–Trinajstić information content (AvgIpc) is 2.75. The number of nitro benzene ring substituents is 1. The summed E-state index contributed by atoms with van der Waals surface area (Å²) >= 11 is 0. The Bertz CT molecular complexity index is 962. The van der Waals surface area contributed by atoms with Crippen LogP contribution in [-0.2, 0) is 0 Å². The first-order chi connectivity index (χ1) is 10.8. The van der Waals surface area contributed by atoms with E-state index in [0.29, 0.717) is 0 Å². The largest absolute Gasteiger partial charge is 0.502 e. The van der Waals surface area contributed by atoms with Gasteiger partial charge in [0.05, 0.1) is 21.7 Å². The summed E-state index contributed by atoms with van der Waals surface area (Å²) in [4.78, 5) is 45.5.